The Labute approximate surface area is 156 Å². The number of para-hydroxylation sites is 1. The van der Waals surface area contributed by atoms with Crippen molar-refractivity contribution in [3.63, 3.8) is 0 Å². The van der Waals surface area contributed by atoms with Crippen LogP contribution in [0.2, 0.25) is 0 Å². The first-order valence-electron chi connectivity index (χ1n) is 8.10. The molecule has 1 heterocycles. The summed E-state index contributed by atoms with van der Waals surface area (Å²) in [5, 5.41) is 3.02. The summed E-state index contributed by atoms with van der Waals surface area (Å²) in [5.74, 6) is 0.900. The minimum atomic E-state index is 0.0360. The van der Waals surface area contributed by atoms with E-state index in [0.29, 0.717) is 6.54 Å². The quantitative estimate of drug-likeness (QED) is 0.719. The second-order valence-electron chi connectivity index (χ2n) is 5.93. The van der Waals surface area contributed by atoms with Gasteiger partial charge in [-0.3, -0.25) is 9.69 Å². The van der Waals surface area contributed by atoms with E-state index in [1.807, 2.05) is 36.4 Å². The molecule has 2 aromatic carbocycles. The Hall–Kier alpha value is -1.60. The Kier molecular flexibility index (Phi) is 5.73. The number of halogens is 1. The Balaban J connectivity index is 1.67. The van der Waals surface area contributed by atoms with Crippen LogP contribution in [-0.4, -0.2) is 31.0 Å². The molecule has 1 fully saturated rings. The second kappa shape index (κ2) is 7.98. The van der Waals surface area contributed by atoms with E-state index >= 15 is 0 Å². The van der Waals surface area contributed by atoms with Crippen LogP contribution in [0.3, 0.4) is 0 Å². The molecule has 0 radical (unpaired) electrons. The van der Waals surface area contributed by atoms with Crippen molar-refractivity contribution in [2.45, 2.75) is 18.9 Å². The predicted octanol–water partition coefficient (Wildman–Crippen LogP) is 4.08. The molecule has 0 aliphatic carbocycles. The number of methoxy groups -OCH3 is 1. The van der Waals surface area contributed by atoms with E-state index in [9.17, 15) is 4.79 Å². The van der Waals surface area contributed by atoms with Crippen molar-refractivity contribution in [2.24, 2.45) is 0 Å². The topological polar surface area (TPSA) is 41.6 Å². The standard InChI is InChI=1S/C19H21IN2O2/c1-24-15-7-4-6-14(12-15)18-10-5-11-22(18)13-19(23)21-17-9-3-2-8-16(17)20/h2-4,6-9,12,18H,5,10-11,13H2,1H3,(H,21,23)/t18-/m1/s1. The van der Waals surface area contributed by atoms with Gasteiger partial charge in [-0.05, 0) is 71.8 Å². The lowest BCUT2D eigenvalue weighted by Crippen LogP contribution is -2.33. The summed E-state index contributed by atoms with van der Waals surface area (Å²) in [7, 11) is 1.68. The number of amides is 1. The van der Waals surface area contributed by atoms with E-state index in [0.717, 1.165) is 34.4 Å². The number of nitrogens with one attached hydrogen (secondary N) is 1. The summed E-state index contributed by atoms with van der Waals surface area (Å²) < 4.78 is 6.37. The van der Waals surface area contributed by atoms with Crippen LogP contribution in [0, 0.1) is 3.57 Å². The van der Waals surface area contributed by atoms with Crippen LogP contribution in [-0.2, 0) is 4.79 Å². The van der Waals surface area contributed by atoms with Gasteiger partial charge in [-0.15, -0.1) is 0 Å². The number of rotatable bonds is 5. The molecule has 4 nitrogen and oxygen atoms in total. The third-order valence-corrected chi connectivity index (χ3v) is 5.28. The molecule has 0 aromatic heterocycles. The molecule has 2 aromatic rings. The molecule has 1 amide bonds. The minimum Gasteiger partial charge on any atom is -0.497 e. The molecular weight excluding hydrogens is 415 g/mol. The Morgan fingerprint density at radius 1 is 1.29 bits per heavy atom. The lowest BCUT2D eigenvalue weighted by atomic mass is 10.0. The fourth-order valence-electron chi connectivity index (χ4n) is 3.18. The zero-order valence-corrected chi connectivity index (χ0v) is 15.8. The molecule has 5 heteroatoms. The van der Waals surface area contributed by atoms with Crippen LogP contribution < -0.4 is 10.1 Å². The number of benzene rings is 2. The average Bonchev–Trinajstić information content (AvgIpc) is 3.05. The fraction of sp³-hybridized carbons (Fsp3) is 0.316. The van der Waals surface area contributed by atoms with Crippen molar-refractivity contribution in [3.05, 3.63) is 57.7 Å². The van der Waals surface area contributed by atoms with Gasteiger partial charge < -0.3 is 10.1 Å². The van der Waals surface area contributed by atoms with Crippen LogP contribution in [0.5, 0.6) is 5.75 Å². The molecule has 1 aliphatic heterocycles. The highest BCUT2D eigenvalue weighted by Gasteiger charge is 2.27. The Morgan fingerprint density at radius 3 is 2.92 bits per heavy atom. The number of carbonyl (C=O) groups excluding carboxylic acids is 1. The van der Waals surface area contributed by atoms with Gasteiger partial charge in [0, 0.05) is 9.61 Å². The highest BCUT2D eigenvalue weighted by molar-refractivity contribution is 14.1. The largest absolute Gasteiger partial charge is 0.497 e. The van der Waals surface area contributed by atoms with Gasteiger partial charge in [-0.1, -0.05) is 24.3 Å². The van der Waals surface area contributed by atoms with Gasteiger partial charge in [0.1, 0.15) is 5.75 Å². The monoisotopic (exact) mass is 436 g/mol. The van der Waals surface area contributed by atoms with Crippen molar-refractivity contribution in [1.29, 1.82) is 0 Å². The van der Waals surface area contributed by atoms with E-state index in [4.69, 9.17) is 4.74 Å². The molecule has 1 atom stereocenters. The number of carbonyl (C=O) groups is 1. The molecule has 0 bridgehead atoms. The maximum Gasteiger partial charge on any atom is 0.238 e. The third kappa shape index (κ3) is 4.08. The van der Waals surface area contributed by atoms with Crippen LogP contribution in [0.1, 0.15) is 24.4 Å². The van der Waals surface area contributed by atoms with E-state index in [1.165, 1.54) is 5.56 Å². The molecule has 0 spiro atoms. The molecular formula is C19H21IN2O2. The molecule has 24 heavy (non-hydrogen) atoms. The molecule has 0 unspecified atom stereocenters. The smallest absolute Gasteiger partial charge is 0.238 e. The average molecular weight is 436 g/mol. The van der Waals surface area contributed by atoms with Crippen molar-refractivity contribution >= 4 is 34.2 Å². The van der Waals surface area contributed by atoms with Gasteiger partial charge >= 0.3 is 0 Å². The summed E-state index contributed by atoms with van der Waals surface area (Å²) in [5.41, 5.74) is 2.09. The summed E-state index contributed by atoms with van der Waals surface area (Å²) in [6.45, 7) is 1.36. The predicted molar refractivity (Wildman–Crippen MR) is 104 cm³/mol. The number of anilines is 1. The number of hydrogen-bond acceptors (Lipinski definition) is 3. The first kappa shape index (κ1) is 17.2. The van der Waals surface area contributed by atoms with Crippen LogP contribution in [0.25, 0.3) is 0 Å². The maximum absolute atomic E-state index is 12.4. The Bertz CT molecular complexity index is 720. The zero-order chi connectivity index (χ0) is 16.9. The lowest BCUT2D eigenvalue weighted by Gasteiger charge is -2.24. The van der Waals surface area contributed by atoms with Crippen LogP contribution in [0.15, 0.2) is 48.5 Å². The minimum absolute atomic E-state index is 0.0360. The Morgan fingerprint density at radius 2 is 2.12 bits per heavy atom. The first-order valence-corrected chi connectivity index (χ1v) is 9.17. The molecule has 1 saturated heterocycles. The lowest BCUT2D eigenvalue weighted by molar-refractivity contribution is -0.117. The van der Waals surface area contributed by atoms with E-state index in [1.54, 1.807) is 7.11 Å². The highest BCUT2D eigenvalue weighted by Crippen LogP contribution is 2.33. The summed E-state index contributed by atoms with van der Waals surface area (Å²) in [6.07, 6.45) is 2.18. The van der Waals surface area contributed by atoms with Gasteiger partial charge in [-0.25, -0.2) is 0 Å². The van der Waals surface area contributed by atoms with Crippen molar-refractivity contribution in [1.82, 2.24) is 4.90 Å². The SMILES string of the molecule is COc1cccc([C@H]2CCCN2CC(=O)Nc2ccccc2I)c1. The van der Waals surface area contributed by atoms with E-state index < -0.39 is 0 Å². The summed E-state index contributed by atoms with van der Waals surface area (Å²) >= 11 is 2.24. The van der Waals surface area contributed by atoms with Gasteiger partial charge in [0.2, 0.25) is 5.91 Å². The van der Waals surface area contributed by atoms with Crippen LogP contribution >= 0.6 is 22.6 Å². The van der Waals surface area contributed by atoms with Gasteiger partial charge in [0.05, 0.1) is 19.3 Å². The molecule has 1 aliphatic rings. The normalized spacial score (nSPS) is 17.7. The van der Waals surface area contributed by atoms with Crippen LogP contribution in [0.4, 0.5) is 5.69 Å². The summed E-state index contributed by atoms with van der Waals surface area (Å²) in [6, 6.07) is 16.3. The number of likely N-dealkylation sites (tertiary alicyclic amines) is 1. The molecule has 3 rings (SSSR count). The number of hydrogen-bond donors (Lipinski definition) is 1. The zero-order valence-electron chi connectivity index (χ0n) is 13.7. The van der Waals surface area contributed by atoms with Crippen molar-refractivity contribution in [3.8, 4) is 5.75 Å². The number of ether oxygens (including phenoxy) is 1. The second-order valence-corrected chi connectivity index (χ2v) is 7.10. The van der Waals surface area contributed by atoms with Crippen molar-refractivity contribution in [2.75, 3.05) is 25.5 Å². The van der Waals surface area contributed by atoms with E-state index in [-0.39, 0.29) is 11.9 Å². The number of nitrogens with zero attached hydrogens (tertiary/aromatic N) is 1. The molecule has 0 saturated carbocycles. The van der Waals surface area contributed by atoms with E-state index in [2.05, 4.69) is 44.9 Å². The highest BCUT2D eigenvalue weighted by atomic mass is 127. The molecule has 126 valence electrons. The third-order valence-electron chi connectivity index (χ3n) is 4.34. The van der Waals surface area contributed by atoms with Gasteiger partial charge in [0.15, 0.2) is 0 Å². The van der Waals surface area contributed by atoms with Gasteiger partial charge in [-0.2, -0.15) is 0 Å². The maximum atomic E-state index is 12.4. The molecule has 1 N–H and O–H groups in total. The van der Waals surface area contributed by atoms with Crippen molar-refractivity contribution < 1.29 is 9.53 Å². The first-order chi connectivity index (χ1) is 11.7. The fourth-order valence-corrected chi connectivity index (χ4v) is 3.70. The van der Waals surface area contributed by atoms with Gasteiger partial charge in [0.25, 0.3) is 0 Å². The summed E-state index contributed by atoms with van der Waals surface area (Å²) in [4.78, 5) is 14.7.